The van der Waals surface area contributed by atoms with Crippen LogP contribution in [0.4, 0.5) is 5.13 Å². The number of benzene rings is 1. The molecule has 1 aromatic carbocycles. The van der Waals surface area contributed by atoms with E-state index in [1.165, 1.54) is 55.8 Å². The van der Waals surface area contributed by atoms with Crippen molar-refractivity contribution in [3.05, 3.63) is 46.5 Å². The van der Waals surface area contributed by atoms with Crippen LogP contribution in [0.3, 0.4) is 0 Å². The highest BCUT2D eigenvalue weighted by Gasteiger charge is 2.28. The number of hydrogen-bond donors (Lipinski definition) is 2. The van der Waals surface area contributed by atoms with Gasteiger partial charge < -0.3 is 20.7 Å². The summed E-state index contributed by atoms with van der Waals surface area (Å²) in [5.74, 6) is 1.55. The molecule has 1 fully saturated rings. The lowest BCUT2D eigenvalue weighted by atomic mass is 9.83. The summed E-state index contributed by atoms with van der Waals surface area (Å²) >= 11 is 1.68. The van der Waals surface area contributed by atoms with E-state index in [1.54, 1.807) is 24.5 Å². The number of carbonyl (C=O) groups is 1. The minimum Gasteiger partial charge on any atom is -0.497 e. The Morgan fingerprint density at radius 2 is 2.09 bits per heavy atom. The summed E-state index contributed by atoms with van der Waals surface area (Å²) in [6.07, 6.45) is 13.8. The summed E-state index contributed by atoms with van der Waals surface area (Å²) in [4.78, 5) is 21.1. The standard InChI is InChI=1S/C28H40N4O2S/c1-3-16-32(23-12-13-25-26(19-23)35-28(29)31-25)17-15-20-7-10-22(11-8-20)30-27(33)14-9-21-5-4-6-24(18-21)34-2/h4-6,9,14,18,20,22-23H,3,7-8,10-13,15-17,19H2,1-2H3,(H2,29,31)(H,30,33). The summed E-state index contributed by atoms with van der Waals surface area (Å²) < 4.78 is 5.25. The predicted octanol–water partition coefficient (Wildman–Crippen LogP) is 5.08. The van der Waals surface area contributed by atoms with Crippen LogP contribution in [-0.4, -0.2) is 48.1 Å². The van der Waals surface area contributed by atoms with Crippen LogP contribution in [-0.2, 0) is 17.6 Å². The second-order valence-corrected chi connectivity index (χ2v) is 11.1. The Morgan fingerprint density at radius 3 is 2.86 bits per heavy atom. The van der Waals surface area contributed by atoms with Crippen molar-refractivity contribution in [2.24, 2.45) is 5.92 Å². The van der Waals surface area contributed by atoms with Gasteiger partial charge in [0, 0.05) is 23.0 Å². The number of nitrogen functional groups attached to an aromatic ring is 1. The van der Waals surface area contributed by atoms with Crippen LogP contribution in [0, 0.1) is 5.92 Å². The number of ether oxygens (including phenoxy) is 1. The number of aromatic nitrogens is 1. The minimum absolute atomic E-state index is 0.00855. The first kappa shape index (κ1) is 25.7. The summed E-state index contributed by atoms with van der Waals surface area (Å²) in [6.45, 7) is 4.62. The summed E-state index contributed by atoms with van der Waals surface area (Å²) in [7, 11) is 1.65. The lowest BCUT2D eigenvalue weighted by Gasteiger charge is -2.36. The number of nitrogens with two attached hydrogens (primary N) is 1. The fraction of sp³-hybridized carbons (Fsp3) is 0.571. The predicted molar refractivity (Wildman–Crippen MR) is 145 cm³/mol. The topological polar surface area (TPSA) is 80.5 Å². The number of nitrogens with zero attached hydrogens (tertiary/aromatic N) is 2. The van der Waals surface area contributed by atoms with Crippen LogP contribution in [0.5, 0.6) is 5.75 Å². The average Bonchev–Trinajstić information content (AvgIpc) is 3.25. The number of rotatable bonds is 10. The SMILES string of the molecule is CCCN(CCC1CCC(NC(=O)C=Cc2cccc(OC)c2)CC1)C1CCc2nc(N)sc2C1. The Hall–Kier alpha value is -2.38. The second kappa shape index (κ2) is 12.5. The third kappa shape index (κ3) is 7.31. The number of amides is 1. The maximum absolute atomic E-state index is 12.4. The molecular weight excluding hydrogens is 456 g/mol. The molecule has 1 atom stereocenters. The first-order chi connectivity index (χ1) is 17.0. The summed E-state index contributed by atoms with van der Waals surface area (Å²) in [5.41, 5.74) is 8.15. The molecule has 3 N–H and O–H groups in total. The van der Waals surface area contributed by atoms with Gasteiger partial charge in [-0.1, -0.05) is 19.1 Å². The molecule has 2 aromatic rings. The van der Waals surface area contributed by atoms with Gasteiger partial charge in [0.1, 0.15) is 5.75 Å². The van der Waals surface area contributed by atoms with E-state index in [9.17, 15) is 4.79 Å². The number of aryl methyl sites for hydroxylation is 1. The maximum Gasteiger partial charge on any atom is 0.244 e. The Bertz CT molecular complexity index is 997. The van der Waals surface area contributed by atoms with Gasteiger partial charge in [-0.25, -0.2) is 4.98 Å². The Labute approximate surface area is 214 Å². The van der Waals surface area contributed by atoms with Gasteiger partial charge in [-0.05, 0) is 101 Å². The lowest BCUT2D eigenvalue weighted by molar-refractivity contribution is -0.117. The molecule has 0 bridgehead atoms. The summed E-state index contributed by atoms with van der Waals surface area (Å²) in [5, 5.41) is 3.92. The molecule has 1 aromatic heterocycles. The van der Waals surface area contributed by atoms with Crippen LogP contribution in [0.15, 0.2) is 30.3 Å². The number of carbonyl (C=O) groups excluding carboxylic acids is 1. The Kier molecular flexibility index (Phi) is 9.21. The van der Waals surface area contributed by atoms with Gasteiger partial charge in [0.25, 0.3) is 0 Å². The first-order valence-electron chi connectivity index (χ1n) is 13.1. The van der Waals surface area contributed by atoms with Crippen molar-refractivity contribution in [2.75, 3.05) is 25.9 Å². The molecule has 4 rings (SSSR count). The zero-order valence-electron chi connectivity index (χ0n) is 21.2. The quantitative estimate of drug-likeness (QED) is 0.448. The highest BCUT2D eigenvalue weighted by Crippen LogP contribution is 2.32. The van der Waals surface area contributed by atoms with Gasteiger partial charge in [0.05, 0.1) is 12.8 Å². The van der Waals surface area contributed by atoms with Crippen molar-refractivity contribution in [3.8, 4) is 5.75 Å². The van der Waals surface area contributed by atoms with Crippen molar-refractivity contribution < 1.29 is 9.53 Å². The van der Waals surface area contributed by atoms with Crippen molar-refractivity contribution in [3.63, 3.8) is 0 Å². The molecule has 1 heterocycles. The minimum atomic E-state index is -0.00855. The molecular formula is C28H40N4O2S. The number of hydrogen-bond acceptors (Lipinski definition) is 6. The number of nitrogens with one attached hydrogen (secondary N) is 1. The van der Waals surface area contributed by atoms with E-state index in [-0.39, 0.29) is 11.9 Å². The zero-order chi connectivity index (χ0) is 24.6. The van der Waals surface area contributed by atoms with Gasteiger partial charge in [-0.15, -0.1) is 11.3 Å². The monoisotopic (exact) mass is 496 g/mol. The molecule has 1 unspecified atom stereocenters. The Morgan fingerprint density at radius 1 is 1.26 bits per heavy atom. The van der Waals surface area contributed by atoms with Crippen molar-refractivity contribution in [2.45, 2.75) is 76.8 Å². The molecule has 0 saturated heterocycles. The molecule has 2 aliphatic carbocycles. The van der Waals surface area contributed by atoms with E-state index in [1.807, 2.05) is 30.3 Å². The fourth-order valence-electron chi connectivity index (χ4n) is 5.56. The van der Waals surface area contributed by atoms with E-state index in [0.29, 0.717) is 6.04 Å². The van der Waals surface area contributed by atoms with Crippen LogP contribution < -0.4 is 15.8 Å². The zero-order valence-corrected chi connectivity index (χ0v) is 22.0. The van der Waals surface area contributed by atoms with Gasteiger partial charge in [-0.3, -0.25) is 4.79 Å². The number of anilines is 1. The van der Waals surface area contributed by atoms with Crippen LogP contribution >= 0.6 is 11.3 Å². The number of thiazole rings is 1. The van der Waals surface area contributed by atoms with E-state index < -0.39 is 0 Å². The average molecular weight is 497 g/mol. The molecule has 2 aliphatic rings. The van der Waals surface area contributed by atoms with Crippen LogP contribution in [0.25, 0.3) is 6.08 Å². The highest BCUT2D eigenvalue weighted by atomic mass is 32.1. The van der Waals surface area contributed by atoms with Crippen molar-refractivity contribution in [1.82, 2.24) is 15.2 Å². The van der Waals surface area contributed by atoms with Crippen LogP contribution in [0.2, 0.25) is 0 Å². The third-order valence-electron chi connectivity index (χ3n) is 7.50. The van der Waals surface area contributed by atoms with Gasteiger partial charge in [-0.2, -0.15) is 0 Å². The normalized spacial score (nSPS) is 22.3. The largest absolute Gasteiger partial charge is 0.497 e. The molecule has 35 heavy (non-hydrogen) atoms. The smallest absolute Gasteiger partial charge is 0.244 e. The van der Waals surface area contributed by atoms with E-state index >= 15 is 0 Å². The number of methoxy groups -OCH3 is 1. The molecule has 0 spiro atoms. The van der Waals surface area contributed by atoms with E-state index in [4.69, 9.17) is 10.5 Å². The van der Waals surface area contributed by atoms with E-state index in [0.717, 1.165) is 48.0 Å². The molecule has 1 saturated carbocycles. The molecule has 0 radical (unpaired) electrons. The van der Waals surface area contributed by atoms with Crippen molar-refractivity contribution in [1.29, 1.82) is 0 Å². The summed E-state index contributed by atoms with van der Waals surface area (Å²) in [6, 6.07) is 8.64. The fourth-order valence-corrected chi connectivity index (χ4v) is 6.51. The van der Waals surface area contributed by atoms with Gasteiger partial charge in [0.2, 0.25) is 5.91 Å². The molecule has 1 amide bonds. The lowest BCUT2D eigenvalue weighted by Crippen LogP contribution is -2.41. The molecule has 0 aliphatic heterocycles. The molecule has 7 heteroatoms. The highest BCUT2D eigenvalue weighted by molar-refractivity contribution is 7.15. The number of fused-ring (bicyclic) bond motifs is 1. The van der Waals surface area contributed by atoms with E-state index in [2.05, 4.69) is 22.1 Å². The second-order valence-electron chi connectivity index (χ2n) is 9.98. The van der Waals surface area contributed by atoms with Crippen molar-refractivity contribution >= 4 is 28.5 Å². The van der Waals surface area contributed by atoms with Gasteiger partial charge >= 0.3 is 0 Å². The molecule has 190 valence electrons. The Balaban J connectivity index is 1.19. The maximum atomic E-state index is 12.4. The van der Waals surface area contributed by atoms with Crippen LogP contribution in [0.1, 0.15) is 68.0 Å². The third-order valence-corrected chi connectivity index (χ3v) is 8.45. The van der Waals surface area contributed by atoms with Gasteiger partial charge in [0.15, 0.2) is 5.13 Å². The molecule has 6 nitrogen and oxygen atoms in total. The first-order valence-corrected chi connectivity index (χ1v) is 14.0.